The summed E-state index contributed by atoms with van der Waals surface area (Å²) in [4.78, 5) is 38.6. The van der Waals surface area contributed by atoms with Crippen LogP contribution in [0, 0.1) is 5.82 Å². The van der Waals surface area contributed by atoms with E-state index < -0.39 is 24.0 Å². The highest BCUT2D eigenvalue weighted by atomic mass is 19.1. The molecule has 0 fully saturated rings. The molecule has 1 heterocycles. The molecule has 172 valence electrons. The van der Waals surface area contributed by atoms with Gasteiger partial charge in [0.25, 0.3) is 11.5 Å². The first-order chi connectivity index (χ1) is 16.3. The third-order valence-electron chi connectivity index (χ3n) is 5.38. The molecule has 0 spiro atoms. The summed E-state index contributed by atoms with van der Waals surface area (Å²) < 4.78 is 19.7. The van der Waals surface area contributed by atoms with Gasteiger partial charge in [-0.2, -0.15) is 9.78 Å². The molecule has 0 unspecified atom stereocenters. The van der Waals surface area contributed by atoms with Crippen LogP contribution in [0.1, 0.15) is 35.9 Å². The lowest BCUT2D eigenvalue weighted by Crippen LogP contribution is -2.37. The van der Waals surface area contributed by atoms with Crippen LogP contribution >= 0.6 is 0 Å². The monoisotopic (exact) mass is 459 g/mol. The van der Waals surface area contributed by atoms with E-state index in [9.17, 15) is 18.8 Å². The number of hydrogen-bond acceptors (Lipinski definition) is 5. The molecule has 3 aromatic carbocycles. The summed E-state index contributed by atoms with van der Waals surface area (Å²) in [6, 6.07) is 20.6. The van der Waals surface area contributed by atoms with Crippen LogP contribution in [0.5, 0.6) is 0 Å². The highest BCUT2D eigenvalue weighted by molar-refractivity contribution is 6.03. The number of ether oxygens (including phenoxy) is 1. The number of carbonyl (C=O) groups is 2. The average molecular weight is 459 g/mol. The van der Waals surface area contributed by atoms with E-state index in [-0.39, 0.29) is 17.1 Å². The molecule has 0 bridgehead atoms. The van der Waals surface area contributed by atoms with Crippen molar-refractivity contribution in [1.29, 1.82) is 0 Å². The molecular formula is C26H22FN3O4. The van der Waals surface area contributed by atoms with Crippen molar-refractivity contribution in [3.8, 4) is 5.69 Å². The molecule has 0 radical (unpaired) electrons. The number of halogens is 1. The van der Waals surface area contributed by atoms with Gasteiger partial charge < -0.3 is 10.1 Å². The number of fused-ring (bicyclic) bond motifs is 1. The number of esters is 1. The number of rotatable bonds is 6. The van der Waals surface area contributed by atoms with E-state index in [1.807, 2.05) is 0 Å². The molecule has 34 heavy (non-hydrogen) atoms. The second-order valence-electron chi connectivity index (χ2n) is 7.78. The van der Waals surface area contributed by atoms with Crippen molar-refractivity contribution >= 4 is 22.6 Å². The minimum atomic E-state index is -1.13. The predicted octanol–water partition coefficient (Wildman–Crippen LogP) is 3.95. The van der Waals surface area contributed by atoms with Gasteiger partial charge in [-0.15, -0.1) is 0 Å². The van der Waals surface area contributed by atoms with E-state index in [4.69, 9.17) is 4.74 Å². The Balaban J connectivity index is 1.59. The van der Waals surface area contributed by atoms with Crippen LogP contribution in [0.3, 0.4) is 0 Å². The molecule has 0 aliphatic rings. The minimum Gasteiger partial charge on any atom is -0.448 e. The summed E-state index contributed by atoms with van der Waals surface area (Å²) in [7, 11) is 0. The molecule has 0 saturated heterocycles. The summed E-state index contributed by atoms with van der Waals surface area (Å²) in [5.74, 6) is -1.73. The molecule has 1 N–H and O–H groups in total. The van der Waals surface area contributed by atoms with Crippen LogP contribution in [-0.4, -0.2) is 27.8 Å². The van der Waals surface area contributed by atoms with E-state index in [0.29, 0.717) is 22.0 Å². The maximum Gasteiger partial charge on any atom is 0.360 e. The summed E-state index contributed by atoms with van der Waals surface area (Å²) in [6.45, 7) is 3.19. The highest BCUT2D eigenvalue weighted by Gasteiger charge is 2.24. The van der Waals surface area contributed by atoms with Crippen LogP contribution in [0.15, 0.2) is 83.7 Å². The summed E-state index contributed by atoms with van der Waals surface area (Å²) in [5.41, 5.74) is 0.740. The lowest BCUT2D eigenvalue weighted by Gasteiger charge is -2.18. The molecule has 0 saturated carbocycles. The molecule has 7 nitrogen and oxygen atoms in total. The van der Waals surface area contributed by atoms with Gasteiger partial charge in [0.1, 0.15) is 5.82 Å². The van der Waals surface area contributed by atoms with Gasteiger partial charge in [-0.05, 0) is 49.7 Å². The number of hydrogen-bond donors (Lipinski definition) is 1. The first kappa shape index (κ1) is 22.8. The van der Waals surface area contributed by atoms with Crippen molar-refractivity contribution in [2.75, 3.05) is 0 Å². The van der Waals surface area contributed by atoms with Crippen molar-refractivity contribution in [3.63, 3.8) is 0 Å². The van der Waals surface area contributed by atoms with E-state index >= 15 is 0 Å². The molecule has 1 amide bonds. The van der Waals surface area contributed by atoms with E-state index in [0.717, 1.165) is 4.68 Å². The lowest BCUT2D eigenvalue weighted by molar-refractivity contribution is -0.129. The first-order valence-corrected chi connectivity index (χ1v) is 10.7. The maximum absolute atomic E-state index is 13.1. The largest absolute Gasteiger partial charge is 0.448 e. The lowest BCUT2D eigenvalue weighted by atomic mass is 10.1. The van der Waals surface area contributed by atoms with Gasteiger partial charge in [0, 0.05) is 5.39 Å². The number of amides is 1. The standard InChI is InChI=1S/C26H22FN3O4/c1-16(18-12-14-19(27)15-13-18)28-24(31)17(2)34-26(33)23-21-10-6-7-11-22(21)25(32)30(29-23)20-8-4-3-5-9-20/h3-17H,1-2H3,(H,28,31)/t16-,17+/m1/s1. The zero-order valence-electron chi connectivity index (χ0n) is 18.6. The maximum atomic E-state index is 13.1. The van der Waals surface area contributed by atoms with E-state index in [2.05, 4.69) is 10.4 Å². The van der Waals surface area contributed by atoms with Gasteiger partial charge in [-0.3, -0.25) is 9.59 Å². The Morgan fingerprint density at radius 2 is 1.53 bits per heavy atom. The number of nitrogens with zero attached hydrogens (tertiary/aromatic N) is 2. The van der Waals surface area contributed by atoms with E-state index in [1.165, 1.54) is 19.1 Å². The normalized spacial score (nSPS) is 12.7. The fourth-order valence-electron chi connectivity index (χ4n) is 3.52. The van der Waals surface area contributed by atoms with Gasteiger partial charge in [0.2, 0.25) is 0 Å². The predicted molar refractivity (Wildman–Crippen MR) is 125 cm³/mol. The smallest absolute Gasteiger partial charge is 0.360 e. The van der Waals surface area contributed by atoms with Crippen LogP contribution in [0.2, 0.25) is 0 Å². The third-order valence-corrected chi connectivity index (χ3v) is 5.38. The van der Waals surface area contributed by atoms with Crippen molar-refractivity contribution < 1.29 is 18.7 Å². The van der Waals surface area contributed by atoms with Crippen molar-refractivity contribution in [2.24, 2.45) is 0 Å². The summed E-state index contributed by atoms with van der Waals surface area (Å²) in [6.07, 6.45) is -1.13. The highest BCUT2D eigenvalue weighted by Crippen LogP contribution is 2.17. The van der Waals surface area contributed by atoms with Gasteiger partial charge >= 0.3 is 5.97 Å². The molecule has 4 aromatic rings. The number of nitrogens with one attached hydrogen (secondary N) is 1. The molecule has 0 aliphatic carbocycles. The summed E-state index contributed by atoms with van der Waals surface area (Å²) >= 11 is 0. The van der Waals surface area contributed by atoms with Crippen molar-refractivity contribution in [2.45, 2.75) is 26.0 Å². The topological polar surface area (TPSA) is 90.3 Å². The quantitative estimate of drug-likeness (QED) is 0.441. The Kier molecular flexibility index (Phi) is 6.49. The van der Waals surface area contributed by atoms with Crippen molar-refractivity contribution in [1.82, 2.24) is 15.1 Å². The zero-order valence-corrected chi connectivity index (χ0v) is 18.6. The van der Waals surface area contributed by atoms with Crippen LogP contribution < -0.4 is 10.9 Å². The number of carbonyl (C=O) groups excluding carboxylic acids is 2. The molecular weight excluding hydrogens is 437 g/mol. The first-order valence-electron chi connectivity index (χ1n) is 10.7. The number of benzene rings is 3. The average Bonchev–Trinajstić information content (AvgIpc) is 2.85. The van der Waals surface area contributed by atoms with Crippen LogP contribution in [0.25, 0.3) is 16.5 Å². The van der Waals surface area contributed by atoms with Crippen LogP contribution in [-0.2, 0) is 9.53 Å². The molecule has 8 heteroatoms. The second kappa shape index (κ2) is 9.66. The molecule has 0 aliphatic heterocycles. The second-order valence-corrected chi connectivity index (χ2v) is 7.78. The Morgan fingerprint density at radius 1 is 0.912 bits per heavy atom. The van der Waals surface area contributed by atoms with E-state index in [1.54, 1.807) is 73.7 Å². The fraction of sp³-hybridized carbons (Fsp3) is 0.154. The Hall–Kier alpha value is -4.33. The fourth-order valence-corrected chi connectivity index (χ4v) is 3.52. The van der Waals surface area contributed by atoms with Gasteiger partial charge in [-0.1, -0.05) is 48.5 Å². The van der Waals surface area contributed by atoms with Crippen LogP contribution in [0.4, 0.5) is 4.39 Å². The molecule has 2 atom stereocenters. The molecule has 1 aromatic heterocycles. The SMILES string of the molecule is C[C@H](OC(=O)c1nn(-c2ccccc2)c(=O)c2ccccc12)C(=O)N[C@H](C)c1ccc(F)cc1. The minimum absolute atomic E-state index is 0.0784. The Bertz CT molecular complexity index is 1400. The Morgan fingerprint density at radius 3 is 2.21 bits per heavy atom. The molecule has 4 rings (SSSR count). The zero-order chi connectivity index (χ0) is 24.2. The van der Waals surface area contributed by atoms with Gasteiger partial charge in [-0.25, -0.2) is 9.18 Å². The summed E-state index contributed by atoms with van der Waals surface area (Å²) in [5, 5.41) is 7.64. The van der Waals surface area contributed by atoms with Gasteiger partial charge in [0.15, 0.2) is 11.8 Å². The number of aromatic nitrogens is 2. The third kappa shape index (κ3) is 4.71. The Labute approximate surface area is 194 Å². The van der Waals surface area contributed by atoms with Crippen molar-refractivity contribution in [3.05, 3.63) is 106 Å². The number of para-hydroxylation sites is 1. The van der Waals surface area contributed by atoms with Gasteiger partial charge in [0.05, 0.1) is 17.1 Å².